The Bertz CT molecular complexity index is 388. The van der Waals surface area contributed by atoms with E-state index in [-0.39, 0.29) is 6.29 Å². The number of aldehydes is 1. The minimum atomic E-state index is -1.39. The molecule has 0 radical (unpaired) electrons. The van der Waals surface area contributed by atoms with Crippen LogP contribution in [0.2, 0.25) is 0 Å². The Morgan fingerprint density at radius 2 is 1.71 bits per heavy atom. The van der Waals surface area contributed by atoms with E-state index in [9.17, 15) is 18.0 Å². The first-order chi connectivity index (χ1) is 6.54. The van der Waals surface area contributed by atoms with Gasteiger partial charge >= 0.3 is 0 Å². The molecule has 0 unspecified atom stereocenters. The summed E-state index contributed by atoms with van der Waals surface area (Å²) in [5.74, 6) is -4.40. The van der Waals surface area contributed by atoms with Gasteiger partial charge in [-0.25, -0.2) is 13.2 Å². The Kier molecular flexibility index (Phi) is 2.78. The van der Waals surface area contributed by atoms with Crippen molar-refractivity contribution in [3.8, 4) is 5.75 Å². The molecule has 0 aliphatic rings. The van der Waals surface area contributed by atoms with Crippen LogP contribution < -0.4 is 4.74 Å². The molecule has 2 nitrogen and oxygen atoms in total. The van der Waals surface area contributed by atoms with Gasteiger partial charge in [0.25, 0.3) is 0 Å². The molecule has 0 aliphatic heterocycles. The van der Waals surface area contributed by atoms with Gasteiger partial charge in [0.2, 0.25) is 0 Å². The third kappa shape index (κ3) is 1.34. The summed E-state index contributed by atoms with van der Waals surface area (Å²) in [6, 6.07) is 0. The van der Waals surface area contributed by atoms with E-state index in [1.807, 2.05) is 0 Å². The van der Waals surface area contributed by atoms with Gasteiger partial charge in [0.05, 0.1) is 12.7 Å². The lowest BCUT2D eigenvalue weighted by Gasteiger charge is -2.09. The Hall–Kier alpha value is -1.52. The van der Waals surface area contributed by atoms with Gasteiger partial charge in [-0.2, -0.15) is 0 Å². The van der Waals surface area contributed by atoms with Crippen LogP contribution in [-0.4, -0.2) is 13.4 Å². The first-order valence-corrected chi connectivity index (χ1v) is 3.70. The summed E-state index contributed by atoms with van der Waals surface area (Å²) < 4.78 is 43.6. The predicted octanol–water partition coefficient (Wildman–Crippen LogP) is 2.23. The first-order valence-electron chi connectivity index (χ1n) is 3.70. The van der Waals surface area contributed by atoms with Crippen molar-refractivity contribution in [1.82, 2.24) is 0 Å². The van der Waals surface area contributed by atoms with Crippen molar-refractivity contribution in [1.29, 1.82) is 0 Å². The van der Waals surface area contributed by atoms with E-state index >= 15 is 0 Å². The quantitative estimate of drug-likeness (QED) is 0.545. The second-order valence-electron chi connectivity index (χ2n) is 2.63. The molecule has 1 aromatic carbocycles. The van der Waals surface area contributed by atoms with E-state index in [2.05, 4.69) is 4.74 Å². The Morgan fingerprint density at radius 3 is 2.14 bits per heavy atom. The average molecular weight is 204 g/mol. The minimum absolute atomic E-state index is 0.0137. The largest absolute Gasteiger partial charge is 0.493 e. The summed E-state index contributed by atoms with van der Waals surface area (Å²) in [5.41, 5.74) is -1.25. The third-order valence-corrected chi connectivity index (χ3v) is 1.85. The second-order valence-corrected chi connectivity index (χ2v) is 2.63. The maximum absolute atomic E-state index is 13.2. The van der Waals surface area contributed by atoms with Gasteiger partial charge in [0, 0.05) is 5.56 Å². The molecule has 0 spiro atoms. The lowest BCUT2D eigenvalue weighted by molar-refractivity contribution is 0.111. The summed E-state index contributed by atoms with van der Waals surface area (Å²) in [6.45, 7) is 1.06. The number of rotatable bonds is 2. The van der Waals surface area contributed by atoms with E-state index in [0.717, 1.165) is 14.0 Å². The highest BCUT2D eigenvalue weighted by Gasteiger charge is 2.22. The lowest BCUT2D eigenvalue weighted by atomic mass is 10.1. The molecule has 0 aliphatic carbocycles. The number of hydrogen-bond donors (Lipinski definition) is 0. The van der Waals surface area contributed by atoms with Crippen molar-refractivity contribution in [3.63, 3.8) is 0 Å². The monoisotopic (exact) mass is 204 g/mol. The van der Waals surface area contributed by atoms with Crippen LogP contribution >= 0.6 is 0 Å². The number of hydrogen-bond acceptors (Lipinski definition) is 2. The van der Waals surface area contributed by atoms with Crippen molar-refractivity contribution in [3.05, 3.63) is 28.6 Å². The number of carbonyl (C=O) groups excluding carboxylic acids is 1. The van der Waals surface area contributed by atoms with Gasteiger partial charge in [-0.05, 0) is 6.92 Å². The van der Waals surface area contributed by atoms with E-state index in [1.165, 1.54) is 0 Å². The summed E-state index contributed by atoms with van der Waals surface area (Å²) in [7, 11) is 1.07. The molecule has 1 aromatic rings. The zero-order valence-corrected chi connectivity index (χ0v) is 7.53. The molecular weight excluding hydrogens is 197 g/mol. The number of ether oxygens (including phenoxy) is 1. The van der Waals surface area contributed by atoms with Crippen LogP contribution in [0, 0.1) is 24.4 Å². The molecule has 0 atom stereocenters. The fraction of sp³-hybridized carbons (Fsp3) is 0.222. The fourth-order valence-corrected chi connectivity index (χ4v) is 1.07. The van der Waals surface area contributed by atoms with Gasteiger partial charge in [-0.1, -0.05) is 0 Å². The van der Waals surface area contributed by atoms with E-state index in [0.29, 0.717) is 0 Å². The van der Waals surface area contributed by atoms with Gasteiger partial charge < -0.3 is 4.74 Å². The van der Waals surface area contributed by atoms with Crippen molar-refractivity contribution < 1.29 is 22.7 Å². The molecule has 76 valence electrons. The number of methoxy groups -OCH3 is 1. The Labute approximate surface area is 78.3 Å². The molecule has 1 rings (SSSR count). The van der Waals surface area contributed by atoms with Crippen LogP contribution in [0.1, 0.15) is 15.9 Å². The van der Waals surface area contributed by atoms with Crippen molar-refractivity contribution in [2.45, 2.75) is 6.92 Å². The second kappa shape index (κ2) is 3.69. The molecule has 0 heterocycles. The molecule has 0 saturated heterocycles. The lowest BCUT2D eigenvalue weighted by Crippen LogP contribution is -2.04. The van der Waals surface area contributed by atoms with Gasteiger partial charge in [0.15, 0.2) is 29.5 Å². The molecular formula is C9H7F3O2. The summed E-state index contributed by atoms with van der Waals surface area (Å²) in [5, 5.41) is 0. The maximum atomic E-state index is 13.2. The molecule has 5 heteroatoms. The number of carbonyl (C=O) groups is 1. The summed E-state index contributed by atoms with van der Waals surface area (Å²) in [6.07, 6.45) is 0.0137. The molecule has 0 amide bonds. The number of benzene rings is 1. The molecule has 0 bridgehead atoms. The maximum Gasteiger partial charge on any atom is 0.173 e. The zero-order chi connectivity index (χ0) is 10.9. The first kappa shape index (κ1) is 10.6. The highest BCUT2D eigenvalue weighted by atomic mass is 19.2. The smallest absolute Gasteiger partial charge is 0.173 e. The van der Waals surface area contributed by atoms with Gasteiger partial charge in [-0.15, -0.1) is 0 Å². The van der Waals surface area contributed by atoms with Crippen molar-refractivity contribution in [2.75, 3.05) is 7.11 Å². The topological polar surface area (TPSA) is 26.3 Å². The van der Waals surface area contributed by atoms with E-state index in [1.54, 1.807) is 0 Å². The van der Waals surface area contributed by atoms with E-state index in [4.69, 9.17) is 0 Å². The van der Waals surface area contributed by atoms with Crippen LogP contribution in [0.4, 0.5) is 13.2 Å². The zero-order valence-electron chi connectivity index (χ0n) is 7.53. The van der Waals surface area contributed by atoms with E-state index < -0.39 is 34.3 Å². The molecule has 0 fully saturated rings. The van der Waals surface area contributed by atoms with Crippen LogP contribution in [0.5, 0.6) is 5.75 Å². The minimum Gasteiger partial charge on any atom is -0.493 e. The van der Waals surface area contributed by atoms with Crippen LogP contribution in [0.25, 0.3) is 0 Å². The van der Waals surface area contributed by atoms with Crippen LogP contribution in [0.3, 0.4) is 0 Å². The molecule has 0 aromatic heterocycles. The SMILES string of the molecule is COc1c(F)c(C)c(F)c(F)c1C=O. The third-order valence-electron chi connectivity index (χ3n) is 1.85. The van der Waals surface area contributed by atoms with Crippen molar-refractivity contribution in [2.24, 2.45) is 0 Å². The summed E-state index contributed by atoms with van der Waals surface area (Å²) >= 11 is 0. The van der Waals surface area contributed by atoms with Gasteiger partial charge in [-0.3, -0.25) is 4.79 Å². The average Bonchev–Trinajstić information content (AvgIpc) is 2.20. The normalized spacial score (nSPS) is 10.1. The Morgan fingerprint density at radius 1 is 1.14 bits per heavy atom. The Balaban J connectivity index is 3.65. The number of halogens is 3. The predicted molar refractivity (Wildman–Crippen MR) is 43.0 cm³/mol. The molecule has 0 N–H and O–H groups in total. The molecule has 14 heavy (non-hydrogen) atoms. The highest BCUT2D eigenvalue weighted by molar-refractivity contribution is 5.80. The fourth-order valence-electron chi connectivity index (χ4n) is 1.07. The van der Waals surface area contributed by atoms with Crippen LogP contribution in [-0.2, 0) is 0 Å². The van der Waals surface area contributed by atoms with Crippen LogP contribution in [0.15, 0.2) is 0 Å². The van der Waals surface area contributed by atoms with Gasteiger partial charge in [0.1, 0.15) is 0 Å². The summed E-state index contributed by atoms with van der Waals surface area (Å²) in [4.78, 5) is 10.4. The highest BCUT2D eigenvalue weighted by Crippen LogP contribution is 2.29. The standard InChI is InChI=1S/C9H7F3O2/c1-4-6(10)8(12)5(3-13)9(14-2)7(4)11/h3H,1-2H3. The van der Waals surface area contributed by atoms with Crippen molar-refractivity contribution >= 4 is 6.29 Å². The molecule has 0 saturated carbocycles.